The first kappa shape index (κ1) is 15.1. The van der Waals surface area contributed by atoms with E-state index in [0.29, 0.717) is 29.6 Å². The van der Waals surface area contributed by atoms with Gasteiger partial charge in [0, 0.05) is 23.1 Å². The van der Waals surface area contributed by atoms with Crippen LogP contribution in [0.25, 0.3) is 0 Å². The number of morpholine rings is 1. The lowest BCUT2D eigenvalue weighted by atomic mass is 10.1. The standard InChI is InChI=1S/C13H14BrCl2NO2/c1-8-6-17(7-10(5-15)19-8)13(18)9-2-3-12(16)11(14)4-9/h2-4,8,10H,5-7H2,1H3. The van der Waals surface area contributed by atoms with Crippen LogP contribution in [0.4, 0.5) is 0 Å². The smallest absolute Gasteiger partial charge is 0.254 e. The number of nitrogens with zero attached hydrogens (tertiary/aromatic N) is 1. The molecule has 1 aromatic carbocycles. The molecule has 0 aliphatic carbocycles. The number of carbonyl (C=O) groups excluding carboxylic acids is 1. The fraction of sp³-hybridized carbons (Fsp3) is 0.462. The van der Waals surface area contributed by atoms with Crippen LogP contribution in [-0.2, 0) is 4.74 Å². The van der Waals surface area contributed by atoms with Crippen molar-refractivity contribution in [2.75, 3.05) is 19.0 Å². The first-order valence-corrected chi connectivity index (χ1v) is 7.67. The van der Waals surface area contributed by atoms with Crippen molar-refractivity contribution >= 4 is 45.0 Å². The first-order chi connectivity index (χ1) is 9.01. The zero-order chi connectivity index (χ0) is 14.0. The van der Waals surface area contributed by atoms with E-state index in [1.165, 1.54) is 0 Å². The molecule has 0 N–H and O–H groups in total. The number of benzene rings is 1. The van der Waals surface area contributed by atoms with Gasteiger partial charge in [0.25, 0.3) is 5.91 Å². The monoisotopic (exact) mass is 365 g/mol. The molecule has 2 atom stereocenters. The molecule has 0 bridgehead atoms. The molecule has 1 aromatic rings. The third-order valence-electron chi connectivity index (χ3n) is 2.95. The van der Waals surface area contributed by atoms with Crippen molar-refractivity contribution in [1.82, 2.24) is 4.90 Å². The fourth-order valence-corrected chi connectivity index (χ4v) is 2.77. The second-order valence-electron chi connectivity index (χ2n) is 4.56. The molecule has 1 aliphatic rings. The van der Waals surface area contributed by atoms with E-state index in [1.54, 1.807) is 23.1 Å². The summed E-state index contributed by atoms with van der Waals surface area (Å²) in [6.07, 6.45) is -0.109. The van der Waals surface area contributed by atoms with Crippen LogP contribution < -0.4 is 0 Å². The minimum Gasteiger partial charge on any atom is -0.370 e. The van der Waals surface area contributed by atoms with E-state index >= 15 is 0 Å². The van der Waals surface area contributed by atoms with Gasteiger partial charge < -0.3 is 9.64 Å². The van der Waals surface area contributed by atoms with Crippen LogP contribution in [0, 0.1) is 0 Å². The highest BCUT2D eigenvalue weighted by Crippen LogP contribution is 2.24. The Morgan fingerprint density at radius 2 is 2.26 bits per heavy atom. The van der Waals surface area contributed by atoms with Gasteiger partial charge in [-0.1, -0.05) is 11.6 Å². The second-order valence-corrected chi connectivity index (χ2v) is 6.13. The summed E-state index contributed by atoms with van der Waals surface area (Å²) < 4.78 is 6.36. The Kier molecular flexibility index (Phi) is 5.12. The number of carbonyl (C=O) groups is 1. The fourth-order valence-electron chi connectivity index (χ4n) is 2.11. The predicted octanol–water partition coefficient (Wildman–Crippen LogP) is 3.57. The van der Waals surface area contributed by atoms with Crippen molar-refractivity contribution in [3.05, 3.63) is 33.3 Å². The molecule has 19 heavy (non-hydrogen) atoms. The van der Waals surface area contributed by atoms with Crippen LogP contribution >= 0.6 is 39.1 Å². The Hall–Kier alpha value is -0.290. The van der Waals surface area contributed by atoms with Gasteiger partial charge in [0.1, 0.15) is 0 Å². The van der Waals surface area contributed by atoms with Crippen molar-refractivity contribution in [3.63, 3.8) is 0 Å². The SMILES string of the molecule is CC1CN(C(=O)c2ccc(Cl)c(Br)c2)CC(CCl)O1. The second kappa shape index (κ2) is 6.44. The lowest BCUT2D eigenvalue weighted by Gasteiger charge is -2.36. The van der Waals surface area contributed by atoms with Crippen LogP contribution in [0.3, 0.4) is 0 Å². The van der Waals surface area contributed by atoms with E-state index in [0.717, 1.165) is 4.47 Å². The lowest BCUT2D eigenvalue weighted by Crippen LogP contribution is -2.49. The molecule has 2 unspecified atom stereocenters. The molecule has 3 nitrogen and oxygen atoms in total. The maximum absolute atomic E-state index is 12.4. The van der Waals surface area contributed by atoms with Crippen LogP contribution in [0.2, 0.25) is 5.02 Å². The van der Waals surface area contributed by atoms with E-state index < -0.39 is 0 Å². The van der Waals surface area contributed by atoms with Crippen molar-refractivity contribution in [3.8, 4) is 0 Å². The Labute approximate surface area is 130 Å². The normalized spacial score (nSPS) is 23.5. The van der Waals surface area contributed by atoms with Crippen molar-refractivity contribution in [2.24, 2.45) is 0 Å². The maximum Gasteiger partial charge on any atom is 0.254 e. The largest absolute Gasteiger partial charge is 0.370 e. The molecule has 1 saturated heterocycles. The van der Waals surface area contributed by atoms with E-state index in [9.17, 15) is 4.79 Å². The van der Waals surface area contributed by atoms with Crippen LogP contribution in [-0.4, -0.2) is 42.0 Å². The Bertz CT molecular complexity index is 484. The number of hydrogen-bond donors (Lipinski definition) is 0. The van der Waals surface area contributed by atoms with Crippen LogP contribution in [0.1, 0.15) is 17.3 Å². The minimum absolute atomic E-state index is 0.00260. The molecule has 6 heteroatoms. The molecule has 0 aromatic heterocycles. The summed E-state index contributed by atoms with van der Waals surface area (Å²) in [6.45, 7) is 3.04. The molecule has 0 radical (unpaired) electrons. The van der Waals surface area contributed by atoms with Gasteiger partial charge >= 0.3 is 0 Å². The summed E-state index contributed by atoms with van der Waals surface area (Å²) in [5.41, 5.74) is 0.610. The zero-order valence-electron chi connectivity index (χ0n) is 10.4. The van der Waals surface area contributed by atoms with Crippen LogP contribution in [0.15, 0.2) is 22.7 Å². The first-order valence-electron chi connectivity index (χ1n) is 5.97. The number of halogens is 3. The highest BCUT2D eigenvalue weighted by molar-refractivity contribution is 9.10. The minimum atomic E-state index is -0.106. The summed E-state index contributed by atoms with van der Waals surface area (Å²) in [6, 6.07) is 5.17. The van der Waals surface area contributed by atoms with Gasteiger partial charge in [-0.25, -0.2) is 0 Å². The van der Waals surface area contributed by atoms with E-state index in [2.05, 4.69) is 15.9 Å². The van der Waals surface area contributed by atoms with Gasteiger partial charge in [0.05, 0.1) is 23.1 Å². The topological polar surface area (TPSA) is 29.5 Å². The van der Waals surface area contributed by atoms with Crippen molar-refractivity contribution < 1.29 is 9.53 Å². The quantitative estimate of drug-likeness (QED) is 0.749. The van der Waals surface area contributed by atoms with Crippen molar-refractivity contribution in [2.45, 2.75) is 19.1 Å². The Morgan fingerprint density at radius 3 is 2.89 bits per heavy atom. The van der Waals surface area contributed by atoms with Gasteiger partial charge in [-0.15, -0.1) is 11.6 Å². The summed E-state index contributed by atoms with van der Waals surface area (Å²) >= 11 is 15.1. The number of ether oxygens (including phenoxy) is 1. The molecule has 1 fully saturated rings. The molecule has 1 heterocycles. The molecular weight excluding hydrogens is 353 g/mol. The molecular formula is C13H14BrCl2NO2. The van der Waals surface area contributed by atoms with Gasteiger partial charge in [-0.05, 0) is 41.1 Å². The van der Waals surface area contributed by atoms with Crippen molar-refractivity contribution in [1.29, 1.82) is 0 Å². The molecule has 104 valence electrons. The Morgan fingerprint density at radius 1 is 1.53 bits per heavy atom. The third kappa shape index (κ3) is 3.63. The van der Waals surface area contributed by atoms with E-state index in [4.69, 9.17) is 27.9 Å². The maximum atomic E-state index is 12.4. The average Bonchev–Trinajstić information content (AvgIpc) is 2.40. The number of amides is 1. The van der Waals surface area contributed by atoms with Gasteiger partial charge in [-0.3, -0.25) is 4.79 Å². The highest BCUT2D eigenvalue weighted by Gasteiger charge is 2.28. The summed E-state index contributed by atoms with van der Waals surface area (Å²) in [7, 11) is 0. The lowest BCUT2D eigenvalue weighted by molar-refractivity contribution is -0.0570. The van der Waals surface area contributed by atoms with E-state index in [-0.39, 0.29) is 18.1 Å². The van der Waals surface area contributed by atoms with E-state index in [1.807, 2.05) is 6.92 Å². The summed E-state index contributed by atoms with van der Waals surface area (Å²) in [4.78, 5) is 14.2. The predicted molar refractivity (Wildman–Crippen MR) is 80.1 cm³/mol. The summed E-state index contributed by atoms with van der Waals surface area (Å²) in [5, 5.41) is 0.588. The summed E-state index contributed by atoms with van der Waals surface area (Å²) in [5.74, 6) is 0.362. The number of alkyl halides is 1. The molecule has 1 amide bonds. The number of rotatable bonds is 2. The average molecular weight is 367 g/mol. The van der Waals surface area contributed by atoms with Gasteiger partial charge in [0.15, 0.2) is 0 Å². The highest BCUT2D eigenvalue weighted by atomic mass is 79.9. The molecule has 0 spiro atoms. The van der Waals surface area contributed by atoms with Gasteiger partial charge in [0.2, 0.25) is 0 Å². The molecule has 1 aliphatic heterocycles. The molecule has 2 rings (SSSR count). The Balaban J connectivity index is 2.16. The third-order valence-corrected chi connectivity index (χ3v) is 4.51. The molecule has 0 saturated carbocycles. The van der Waals surface area contributed by atoms with Crippen LogP contribution in [0.5, 0.6) is 0 Å². The number of hydrogen-bond acceptors (Lipinski definition) is 2. The van der Waals surface area contributed by atoms with Gasteiger partial charge in [-0.2, -0.15) is 0 Å². The zero-order valence-corrected chi connectivity index (χ0v) is 13.5.